The van der Waals surface area contributed by atoms with Gasteiger partial charge in [0.25, 0.3) is 5.56 Å². The number of aryl methyl sites for hydroxylation is 2. The summed E-state index contributed by atoms with van der Waals surface area (Å²) < 4.78 is 6.29. The Morgan fingerprint density at radius 1 is 1.27 bits per heavy atom. The number of fused-ring (bicyclic) bond motifs is 1. The Bertz CT molecular complexity index is 861. The van der Waals surface area contributed by atoms with Gasteiger partial charge in [-0.15, -0.1) is 0 Å². The van der Waals surface area contributed by atoms with E-state index in [2.05, 4.69) is 10.4 Å². The zero-order valence-electron chi connectivity index (χ0n) is 14.6. The number of rotatable bonds is 6. The lowest BCUT2D eigenvalue weighted by atomic mass is 10.2. The molecule has 2 aromatic rings. The van der Waals surface area contributed by atoms with Crippen LogP contribution < -0.4 is 10.9 Å². The molecular formula is C19H21N3O4. The maximum Gasteiger partial charge on any atom is 0.325 e. The van der Waals surface area contributed by atoms with Crippen LogP contribution in [-0.4, -0.2) is 28.2 Å². The molecule has 1 unspecified atom stereocenters. The van der Waals surface area contributed by atoms with Gasteiger partial charge in [-0.3, -0.25) is 14.4 Å². The standard InChI is InChI=1S/C19H21N3O4/c1-13(22-17(23)10-15-8-5-9-16(15)21-22)19(25)20-11-18(24)26-12-14-6-3-2-4-7-14/h2-4,6-7,10,13H,5,8-9,11-12H2,1H3,(H,20,25). The smallest absolute Gasteiger partial charge is 0.325 e. The van der Waals surface area contributed by atoms with E-state index in [9.17, 15) is 14.4 Å². The van der Waals surface area contributed by atoms with Crippen LogP contribution in [0.15, 0.2) is 41.2 Å². The van der Waals surface area contributed by atoms with Crippen LogP contribution in [0.3, 0.4) is 0 Å². The highest BCUT2D eigenvalue weighted by Crippen LogP contribution is 2.17. The summed E-state index contributed by atoms with van der Waals surface area (Å²) in [6.45, 7) is 1.48. The van der Waals surface area contributed by atoms with Crippen LogP contribution in [0.5, 0.6) is 0 Å². The maximum atomic E-state index is 12.3. The van der Waals surface area contributed by atoms with Crippen LogP contribution >= 0.6 is 0 Å². The van der Waals surface area contributed by atoms with Crippen LogP contribution in [0, 0.1) is 0 Å². The third-order valence-corrected chi connectivity index (χ3v) is 4.38. The molecule has 1 amide bonds. The van der Waals surface area contributed by atoms with Crippen molar-refractivity contribution < 1.29 is 14.3 Å². The third-order valence-electron chi connectivity index (χ3n) is 4.38. The third kappa shape index (κ3) is 4.17. The minimum Gasteiger partial charge on any atom is -0.460 e. The van der Waals surface area contributed by atoms with Crippen LogP contribution in [0.1, 0.15) is 36.2 Å². The average molecular weight is 355 g/mol. The van der Waals surface area contributed by atoms with Gasteiger partial charge in [0.1, 0.15) is 19.2 Å². The monoisotopic (exact) mass is 355 g/mol. The van der Waals surface area contributed by atoms with Gasteiger partial charge in [0.15, 0.2) is 0 Å². The zero-order valence-corrected chi connectivity index (χ0v) is 14.6. The lowest BCUT2D eigenvalue weighted by Gasteiger charge is -2.15. The minimum atomic E-state index is -0.796. The number of esters is 1. The average Bonchev–Trinajstić information content (AvgIpc) is 3.11. The molecule has 1 atom stereocenters. The normalized spacial score (nSPS) is 13.7. The summed E-state index contributed by atoms with van der Waals surface area (Å²) in [4.78, 5) is 36.2. The predicted octanol–water partition coefficient (Wildman–Crippen LogP) is 1.15. The first-order chi connectivity index (χ1) is 12.5. The molecule has 1 aliphatic carbocycles. The molecule has 3 rings (SSSR count). The molecule has 26 heavy (non-hydrogen) atoms. The Morgan fingerprint density at radius 2 is 2.04 bits per heavy atom. The van der Waals surface area contributed by atoms with Gasteiger partial charge in [-0.1, -0.05) is 30.3 Å². The number of nitrogens with zero attached hydrogens (tertiary/aromatic N) is 2. The van der Waals surface area contributed by atoms with E-state index < -0.39 is 17.9 Å². The van der Waals surface area contributed by atoms with Crippen molar-refractivity contribution in [2.24, 2.45) is 0 Å². The van der Waals surface area contributed by atoms with Crippen molar-refractivity contribution in [1.29, 1.82) is 0 Å². The van der Waals surface area contributed by atoms with Crippen molar-refractivity contribution in [3.63, 3.8) is 0 Å². The summed E-state index contributed by atoms with van der Waals surface area (Å²) in [5, 5.41) is 6.80. The molecule has 136 valence electrons. The topological polar surface area (TPSA) is 90.3 Å². The first-order valence-electron chi connectivity index (χ1n) is 8.63. The Kier molecular flexibility index (Phi) is 5.46. The molecule has 7 heteroatoms. The summed E-state index contributed by atoms with van der Waals surface area (Å²) in [6, 6.07) is 10.0. The van der Waals surface area contributed by atoms with E-state index in [4.69, 9.17) is 4.74 Å². The quantitative estimate of drug-likeness (QED) is 0.785. The fourth-order valence-corrected chi connectivity index (χ4v) is 2.90. The highest BCUT2D eigenvalue weighted by Gasteiger charge is 2.21. The number of ether oxygens (including phenoxy) is 1. The first kappa shape index (κ1) is 17.8. The molecule has 1 N–H and O–H groups in total. The minimum absolute atomic E-state index is 0.150. The molecule has 0 fully saturated rings. The molecular weight excluding hydrogens is 334 g/mol. The van der Waals surface area contributed by atoms with Gasteiger partial charge in [0, 0.05) is 6.07 Å². The second kappa shape index (κ2) is 7.95. The van der Waals surface area contributed by atoms with Crippen LogP contribution in [0.4, 0.5) is 0 Å². The lowest BCUT2D eigenvalue weighted by Crippen LogP contribution is -2.39. The fraction of sp³-hybridized carbons (Fsp3) is 0.368. The van der Waals surface area contributed by atoms with Crippen LogP contribution in [0.2, 0.25) is 0 Å². The molecule has 0 saturated carbocycles. The number of nitrogens with one attached hydrogen (secondary N) is 1. The molecule has 1 aromatic carbocycles. The van der Waals surface area contributed by atoms with Gasteiger partial charge in [-0.25, -0.2) is 4.68 Å². The highest BCUT2D eigenvalue weighted by atomic mass is 16.5. The SMILES string of the molecule is CC(C(=O)NCC(=O)OCc1ccccc1)n1nc2c(cc1=O)CCC2. The Labute approximate surface area is 151 Å². The van der Waals surface area contributed by atoms with Crippen molar-refractivity contribution in [3.05, 3.63) is 63.6 Å². The molecule has 1 heterocycles. The molecule has 1 aromatic heterocycles. The number of amides is 1. The van der Waals surface area contributed by atoms with E-state index in [0.717, 1.165) is 36.1 Å². The van der Waals surface area contributed by atoms with Gasteiger partial charge in [-0.2, -0.15) is 5.10 Å². The zero-order chi connectivity index (χ0) is 18.5. The lowest BCUT2D eigenvalue weighted by molar-refractivity contribution is -0.145. The van der Waals surface area contributed by atoms with Crippen LogP contribution in [0.25, 0.3) is 0 Å². The second-order valence-corrected chi connectivity index (χ2v) is 6.29. The Hall–Kier alpha value is -2.96. The molecule has 0 aliphatic heterocycles. The Morgan fingerprint density at radius 3 is 2.81 bits per heavy atom. The molecule has 0 saturated heterocycles. The van der Waals surface area contributed by atoms with E-state index >= 15 is 0 Å². The van der Waals surface area contributed by atoms with E-state index in [-0.39, 0.29) is 18.7 Å². The van der Waals surface area contributed by atoms with Gasteiger partial charge >= 0.3 is 5.97 Å². The van der Waals surface area contributed by atoms with Crippen molar-refractivity contribution >= 4 is 11.9 Å². The van der Waals surface area contributed by atoms with E-state index in [1.54, 1.807) is 13.0 Å². The number of carbonyl (C=O) groups excluding carboxylic acids is 2. The van der Waals surface area contributed by atoms with E-state index in [1.807, 2.05) is 30.3 Å². The number of aromatic nitrogens is 2. The summed E-state index contributed by atoms with van der Waals surface area (Å²) in [6.07, 6.45) is 2.64. The molecule has 0 radical (unpaired) electrons. The summed E-state index contributed by atoms with van der Waals surface area (Å²) in [5.74, 6) is -0.988. The molecule has 0 bridgehead atoms. The van der Waals surface area contributed by atoms with Gasteiger partial charge < -0.3 is 10.1 Å². The fourth-order valence-electron chi connectivity index (χ4n) is 2.90. The van der Waals surface area contributed by atoms with Gasteiger partial charge in [-0.05, 0) is 37.3 Å². The van der Waals surface area contributed by atoms with Crippen molar-refractivity contribution in [2.45, 2.75) is 38.8 Å². The first-order valence-corrected chi connectivity index (χ1v) is 8.63. The maximum absolute atomic E-state index is 12.3. The highest BCUT2D eigenvalue weighted by molar-refractivity contribution is 5.84. The van der Waals surface area contributed by atoms with E-state index in [0.29, 0.717) is 0 Å². The van der Waals surface area contributed by atoms with Crippen LogP contribution in [-0.2, 0) is 33.8 Å². The van der Waals surface area contributed by atoms with Gasteiger partial charge in [0.05, 0.1) is 5.69 Å². The predicted molar refractivity (Wildman–Crippen MR) is 94.5 cm³/mol. The van der Waals surface area contributed by atoms with Gasteiger partial charge in [0.2, 0.25) is 5.91 Å². The van der Waals surface area contributed by atoms with E-state index in [1.165, 1.54) is 4.68 Å². The number of hydrogen-bond acceptors (Lipinski definition) is 5. The van der Waals surface area contributed by atoms with Crippen molar-refractivity contribution in [3.8, 4) is 0 Å². The number of hydrogen-bond donors (Lipinski definition) is 1. The Balaban J connectivity index is 1.53. The summed E-state index contributed by atoms with van der Waals surface area (Å²) >= 11 is 0. The van der Waals surface area contributed by atoms with Crippen molar-refractivity contribution in [2.75, 3.05) is 6.54 Å². The molecule has 7 nitrogen and oxygen atoms in total. The van der Waals surface area contributed by atoms with Crippen molar-refractivity contribution in [1.82, 2.24) is 15.1 Å². The molecule has 1 aliphatic rings. The largest absolute Gasteiger partial charge is 0.460 e. The summed E-state index contributed by atoms with van der Waals surface area (Å²) in [5.41, 5.74) is 2.39. The number of benzene rings is 1. The second-order valence-electron chi connectivity index (χ2n) is 6.29. The number of carbonyl (C=O) groups is 2. The molecule has 0 spiro atoms. The summed E-state index contributed by atoms with van der Waals surface area (Å²) in [7, 11) is 0.